The molecule has 5 nitrogen and oxygen atoms in total. The van der Waals surface area contributed by atoms with Gasteiger partial charge in [-0.25, -0.2) is 0 Å². The molecular weight excluding hydrogens is 244 g/mol. The summed E-state index contributed by atoms with van der Waals surface area (Å²) in [5.41, 5.74) is 8.38. The Morgan fingerprint density at radius 3 is 2.68 bits per heavy atom. The van der Waals surface area contributed by atoms with Crippen molar-refractivity contribution < 1.29 is 14.3 Å². The highest BCUT2D eigenvalue weighted by atomic mass is 16.5. The van der Waals surface area contributed by atoms with Crippen LogP contribution in [0.25, 0.3) is 0 Å². The second-order valence-electron chi connectivity index (χ2n) is 4.69. The Hall–Kier alpha value is -1.75. The molecule has 1 aromatic rings. The molecule has 19 heavy (non-hydrogen) atoms. The lowest BCUT2D eigenvalue weighted by molar-refractivity contribution is -0.124. The van der Waals surface area contributed by atoms with Crippen LogP contribution in [0, 0.1) is 13.8 Å². The van der Waals surface area contributed by atoms with Crippen LogP contribution < -0.4 is 15.8 Å². The molecular formula is C14H22N2O3. The van der Waals surface area contributed by atoms with Gasteiger partial charge in [0.15, 0.2) is 6.61 Å². The minimum atomic E-state index is -0.168. The number of hydrogen-bond acceptors (Lipinski definition) is 4. The predicted molar refractivity (Wildman–Crippen MR) is 75.3 cm³/mol. The SMILES string of the molecule is COCC(C)NC(=O)COc1cc(C)c(N)cc1C. The molecule has 0 spiro atoms. The summed E-state index contributed by atoms with van der Waals surface area (Å²) in [6, 6.07) is 3.66. The molecule has 1 atom stereocenters. The molecule has 5 heteroatoms. The van der Waals surface area contributed by atoms with Gasteiger partial charge in [0, 0.05) is 18.8 Å². The third-order valence-corrected chi connectivity index (χ3v) is 2.75. The van der Waals surface area contributed by atoms with E-state index in [1.54, 1.807) is 7.11 Å². The molecule has 0 saturated heterocycles. The number of ether oxygens (including phenoxy) is 2. The van der Waals surface area contributed by atoms with E-state index in [0.29, 0.717) is 12.4 Å². The van der Waals surface area contributed by atoms with Gasteiger partial charge in [-0.05, 0) is 44.0 Å². The highest BCUT2D eigenvalue weighted by molar-refractivity contribution is 5.77. The Morgan fingerprint density at radius 2 is 2.05 bits per heavy atom. The molecule has 1 unspecified atom stereocenters. The fraction of sp³-hybridized carbons (Fsp3) is 0.500. The highest BCUT2D eigenvalue weighted by Crippen LogP contribution is 2.23. The number of anilines is 1. The zero-order valence-electron chi connectivity index (χ0n) is 11.9. The summed E-state index contributed by atoms with van der Waals surface area (Å²) in [6.45, 7) is 6.14. The van der Waals surface area contributed by atoms with Crippen molar-refractivity contribution in [2.75, 3.05) is 26.1 Å². The lowest BCUT2D eigenvalue weighted by Gasteiger charge is -2.14. The standard InChI is InChI=1S/C14H22N2O3/c1-9-6-13(10(2)5-12(9)15)19-8-14(17)16-11(3)7-18-4/h5-6,11H,7-8,15H2,1-4H3,(H,16,17). The lowest BCUT2D eigenvalue weighted by atomic mass is 10.1. The van der Waals surface area contributed by atoms with Crippen LogP contribution in [0.15, 0.2) is 12.1 Å². The van der Waals surface area contributed by atoms with Crippen LogP contribution in [0.3, 0.4) is 0 Å². The number of hydrogen-bond donors (Lipinski definition) is 2. The second-order valence-corrected chi connectivity index (χ2v) is 4.69. The molecule has 1 amide bonds. The van der Waals surface area contributed by atoms with Crippen LogP contribution in [0.1, 0.15) is 18.1 Å². The molecule has 3 N–H and O–H groups in total. The molecule has 0 radical (unpaired) electrons. The van der Waals surface area contributed by atoms with Crippen LogP contribution in [-0.4, -0.2) is 32.3 Å². The van der Waals surface area contributed by atoms with Gasteiger partial charge in [-0.15, -0.1) is 0 Å². The quantitative estimate of drug-likeness (QED) is 0.764. The third kappa shape index (κ3) is 4.79. The number of rotatable bonds is 6. The van der Waals surface area contributed by atoms with Gasteiger partial charge in [-0.3, -0.25) is 4.79 Å². The van der Waals surface area contributed by atoms with Crippen LogP contribution in [0.4, 0.5) is 5.69 Å². The maximum absolute atomic E-state index is 11.6. The van der Waals surface area contributed by atoms with E-state index in [0.717, 1.165) is 16.8 Å². The van der Waals surface area contributed by atoms with E-state index >= 15 is 0 Å². The Balaban J connectivity index is 2.53. The first kappa shape index (κ1) is 15.3. The van der Waals surface area contributed by atoms with Gasteiger partial charge >= 0.3 is 0 Å². The van der Waals surface area contributed by atoms with Crippen molar-refractivity contribution >= 4 is 11.6 Å². The van der Waals surface area contributed by atoms with Gasteiger partial charge in [-0.1, -0.05) is 0 Å². The number of carbonyl (C=O) groups is 1. The van der Waals surface area contributed by atoms with Crippen molar-refractivity contribution in [3.63, 3.8) is 0 Å². The van der Waals surface area contributed by atoms with Crippen molar-refractivity contribution in [1.82, 2.24) is 5.32 Å². The number of nitrogens with two attached hydrogens (primary N) is 1. The first-order valence-corrected chi connectivity index (χ1v) is 6.22. The predicted octanol–water partition coefficient (Wildman–Crippen LogP) is 1.42. The van der Waals surface area contributed by atoms with E-state index in [2.05, 4.69) is 5.32 Å². The van der Waals surface area contributed by atoms with E-state index in [9.17, 15) is 4.79 Å². The van der Waals surface area contributed by atoms with Gasteiger partial charge < -0.3 is 20.5 Å². The smallest absolute Gasteiger partial charge is 0.258 e. The minimum Gasteiger partial charge on any atom is -0.483 e. The van der Waals surface area contributed by atoms with E-state index in [1.807, 2.05) is 32.9 Å². The van der Waals surface area contributed by atoms with Crippen LogP contribution in [0.2, 0.25) is 0 Å². The normalized spacial score (nSPS) is 12.0. The summed E-state index contributed by atoms with van der Waals surface area (Å²) >= 11 is 0. The van der Waals surface area contributed by atoms with Crippen LogP contribution >= 0.6 is 0 Å². The molecule has 0 bridgehead atoms. The van der Waals surface area contributed by atoms with Gasteiger partial charge in [0.1, 0.15) is 5.75 Å². The number of aryl methyl sites for hydroxylation is 2. The number of nitrogen functional groups attached to an aromatic ring is 1. The van der Waals surface area contributed by atoms with E-state index < -0.39 is 0 Å². The summed E-state index contributed by atoms with van der Waals surface area (Å²) < 4.78 is 10.5. The second kappa shape index (κ2) is 6.99. The minimum absolute atomic E-state index is 0.0156. The number of methoxy groups -OCH3 is 1. The third-order valence-electron chi connectivity index (χ3n) is 2.75. The molecule has 0 aromatic heterocycles. The fourth-order valence-electron chi connectivity index (χ4n) is 1.72. The van der Waals surface area contributed by atoms with Crippen molar-refractivity contribution in [2.45, 2.75) is 26.8 Å². The molecule has 0 heterocycles. The monoisotopic (exact) mass is 266 g/mol. The topological polar surface area (TPSA) is 73.6 Å². The van der Waals surface area contributed by atoms with Gasteiger partial charge in [0.05, 0.1) is 6.61 Å². The van der Waals surface area contributed by atoms with E-state index in [4.69, 9.17) is 15.2 Å². The van der Waals surface area contributed by atoms with Crippen LogP contribution in [0.5, 0.6) is 5.75 Å². The number of nitrogens with one attached hydrogen (secondary N) is 1. The van der Waals surface area contributed by atoms with E-state index in [1.165, 1.54) is 0 Å². The number of benzene rings is 1. The summed E-state index contributed by atoms with van der Waals surface area (Å²) in [6.07, 6.45) is 0. The van der Waals surface area contributed by atoms with Crippen LogP contribution in [-0.2, 0) is 9.53 Å². The summed E-state index contributed by atoms with van der Waals surface area (Å²) in [4.78, 5) is 11.6. The lowest BCUT2D eigenvalue weighted by Crippen LogP contribution is -2.38. The Kier molecular flexibility index (Phi) is 5.63. The van der Waals surface area contributed by atoms with Crippen molar-refractivity contribution in [3.8, 4) is 5.75 Å². The molecule has 0 aliphatic heterocycles. The number of amides is 1. The zero-order valence-corrected chi connectivity index (χ0v) is 11.9. The number of carbonyl (C=O) groups excluding carboxylic acids is 1. The summed E-state index contributed by atoms with van der Waals surface area (Å²) in [5.74, 6) is 0.514. The molecule has 1 rings (SSSR count). The van der Waals surface area contributed by atoms with Gasteiger partial charge in [0.25, 0.3) is 5.91 Å². The fourth-order valence-corrected chi connectivity index (χ4v) is 1.72. The Labute approximate surface area is 114 Å². The Morgan fingerprint density at radius 1 is 1.37 bits per heavy atom. The molecule has 106 valence electrons. The van der Waals surface area contributed by atoms with E-state index in [-0.39, 0.29) is 18.6 Å². The zero-order chi connectivity index (χ0) is 14.4. The molecule has 0 aliphatic rings. The average molecular weight is 266 g/mol. The highest BCUT2D eigenvalue weighted by Gasteiger charge is 2.09. The molecule has 1 aromatic carbocycles. The van der Waals surface area contributed by atoms with Crippen molar-refractivity contribution in [1.29, 1.82) is 0 Å². The van der Waals surface area contributed by atoms with Gasteiger partial charge in [0.2, 0.25) is 0 Å². The maximum atomic E-state index is 11.6. The molecule has 0 fully saturated rings. The summed E-state index contributed by atoms with van der Waals surface area (Å²) in [5, 5.41) is 2.78. The molecule has 0 saturated carbocycles. The Bertz CT molecular complexity index is 447. The first-order chi connectivity index (χ1) is 8.93. The summed E-state index contributed by atoms with van der Waals surface area (Å²) in [7, 11) is 1.60. The van der Waals surface area contributed by atoms with Crippen molar-refractivity contribution in [3.05, 3.63) is 23.3 Å². The molecule has 0 aliphatic carbocycles. The van der Waals surface area contributed by atoms with Crippen molar-refractivity contribution in [2.24, 2.45) is 0 Å². The average Bonchev–Trinajstić information content (AvgIpc) is 2.32. The largest absolute Gasteiger partial charge is 0.483 e. The first-order valence-electron chi connectivity index (χ1n) is 6.22. The maximum Gasteiger partial charge on any atom is 0.258 e. The van der Waals surface area contributed by atoms with Gasteiger partial charge in [-0.2, -0.15) is 0 Å².